The maximum atomic E-state index is 11.5. The quantitative estimate of drug-likeness (QED) is 0.601. The van der Waals surface area contributed by atoms with Crippen molar-refractivity contribution in [1.29, 1.82) is 0 Å². The standard InChI is InChI=1S/C11H22N2O3/c1-4-5-8(12)6-9(14)13-10(7(2)3)11(15)16/h7-8,10H,4-6,12H2,1-3H3,(H,13,14)(H,15,16). The fraction of sp³-hybridized carbons (Fsp3) is 0.818. The predicted molar refractivity (Wildman–Crippen MR) is 61.9 cm³/mol. The van der Waals surface area contributed by atoms with Crippen molar-refractivity contribution in [1.82, 2.24) is 5.32 Å². The number of carbonyl (C=O) groups excluding carboxylic acids is 1. The number of carboxylic acids is 1. The molecule has 0 radical (unpaired) electrons. The van der Waals surface area contributed by atoms with E-state index in [1.54, 1.807) is 13.8 Å². The lowest BCUT2D eigenvalue weighted by atomic mass is 10.0. The third kappa shape index (κ3) is 5.70. The van der Waals surface area contributed by atoms with Gasteiger partial charge < -0.3 is 16.2 Å². The van der Waals surface area contributed by atoms with Crippen molar-refractivity contribution in [2.45, 2.75) is 52.1 Å². The molecule has 16 heavy (non-hydrogen) atoms. The molecule has 0 rings (SSSR count). The van der Waals surface area contributed by atoms with Crippen molar-refractivity contribution in [2.75, 3.05) is 0 Å². The maximum Gasteiger partial charge on any atom is 0.326 e. The Labute approximate surface area is 96.4 Å². The number of nitrogens with one attached hydrogen (secondary N) is 1. The summed E-state index contributed by atoms with van der Waals surface area (Å²) >= 11 is 0. The number of nitrogens with two attached hydrogens (primary N) is 1. The van der Waals surface area contributed by atoms with Gasteiger partial charge in [-0.1, -0.05) is 27.2 Å². The number of carboxylic acid groups (broad SMARTS) is 1. The highest BCUT2D eigenvalue weighted by Crippen LogP contribution is 2.04. The van der Waals surface area contributed by atoms with Crippen LogP contribution in [-0.4, -0.2) is 29.1 Å². The minimum absolute atomic E-state index is 0.135. The molecule has 0 aromatic heterocycles. The summed E-state index contributed by atoms with van der Waals surface area (Å²) in [5, 5.41) is 11.4. The van der Waals surface area contributed by atoms with E-state index in [1.165, 1.54) is 0 Å². The van der Waals surface area contributed by atoms with Gasteiger partial charge in [-0.2, -0.15) is 0 Å². The van der Waals surface area contributed by atoms with Gasteiger partial charge in [-0.25, -0.2) is 4.79 Å². The first-order valence-corrected chi connectivity index (χ1v) is 5.66. The minimum Gasteiger partial charge on any atom is -0.480 e. The van der Waals surface area contributed by atoms with Gasteiger partial charge in [-0.05, 0) is 12.3 Å². The van der Waals surface area contributed by atoms with Crippen LogP contribution in [0.5, 0.6) is 0 Å². The molecule has 1 amide bonds. The molecule has 0 aliphatic heterocycles. The molecule has 2 unspecified atom stereocenters. The largest absolute Gasteiger partial charge is 0.480 e. The molecule has 94 valence electrons. The molecule has 2 atom stereocenters. The van der Waals surface area contributed by atoms with Crippen LogP contribution in [0, 0.1) is 5.92 Å². The third-order valence-corrected chi connectivity index (χ3v) is 2.36. The highest BCUT2D eigenvalue weighted by atomic mass is 16.4. The van der Waals surface area contributed by atoms with Crippen LogP contribution in [0.1, 0.15) is 40.0 Å². The summed E-state index contributed by atoms with van der Waals surface area (Å²) in [5.41, 5.74) is 5.70. The van der Waals surface area contributed by atoms with Gasteiger partial charge >= 0.3 is 5.97 Å². The topological polar surface area (TPSA) is 92.4 Å². The number of hydrogen-bond acceptors (Lipinski definition) is 3. The van der Waals surface area contributed by atoms with Crippen molar-refractivity contribution in [2.24, 2.45) is 11.7 Å². The van der Waals surface area contributed by atoms with Crippen molar-refractivity contribution in [3.05, 3.63) is 0 Å². The van der Waals surface area contributed by atoms with Crippen LogP contribution in [0.25, 0.3) is 0 Å². The zero-order valence-electron chi connectivity index (χ0n) is 10.2. The third-order valence-electron chi connectivity index (χ3n) is 2.36. The summed E-state index contributed by atoms with van der Waals surface area (Å²) < 4.78 is 0. The monoisotopic (exact) mass is 230 g/mol. The van der Waals surface area contributed by atoms with Crippen molar-refractivity contribution in [3.63, 3.8) is 0 Å². The zero-order valence-corrected chi connectivity index (χ0v) is 10.2. The van der Waals surface area contributed by atoms with Gasteiger partial charge in [0.15, 0.2) is 0 Å². The van der Waals surface area contributed by atoms with Crippen LogP contribution in [0.4, 0.5) is 0 Å². The Bertz CT molecular complexity index is 241. The molecule has 4 N–H and O–H groups in total. The van der Waals surface area contributed by atoms with Crippen LogP contribution in [-0.2, 0) is 9.59 Å². The predicted octanol–water partition coefficient (Wildman–Crippen LogP) is 0.729. The molecular weight excluding hydrogens is 208 g/mol. The van der Waals surface area contributed by atoms with Gasteiger partial charge in [-0.15, -0.1) is 0 Å². The Hall–Kier alpha value is -1.10. The van der Waals surface area contributed by atoms with E-state index < -0.39 is 12.0 Å². The number of carbonyl (C=O) groups is 2. The second-order valence-electron chi connectivity index (χ2n) is 4.38. The van der Waals surface area contributed by atoms with Crippen LogP contribution in [0.2, 0.25) is 0 Å². The Morgan fingerprint density at radius 1 is 1.38 bits per heavy atom. The Morgan fingerprint density at radius 3 is 2.31 bits per heavy atom. The second kappa shape index (κ2) is 7.22. The van der Waals surface area contributed by atoms with Gasteiger partial charge in [0.2, 0.25) is 5.91 Å². The molecule has 5 heteroatoms. The van der Waals surface area contributed by atoms with Crippen LogP contribution < -0.4 is 11.1 Å². The van der Waals surface area contributed by atoms with Crippen molar-refractivity contribution in [3.8, 4) is 0 Å². The lowest BCUT2D eigenvalue weighted by Crippen LogP contribution is -2.45. The lowest BCUT2D eigenvalue weighted by Gasteiger charge is -2.19. The number of hydrogen-bond donors (Lipinski definition) is 3. The molecular formula is C11H22N2O3. The minimum atomic E-state index is -1.01. The Morgan fingerprint density at radius 2 is 1.94 bits per heavy atom. The molecule has 0 bridgehead atoms. The molecule has 0 spiro atoms. The van der Waals surface area contributed by atoms with E-state index in [1.807, 2.05) is 6.92 Å². The van der Waals surface area contributed by atoms with Gasteiger partial charge in [0.25, 0.3) is 0 Å². The van der Waals surface area contributed by atoms with Crippen molar-refractivity contribution >= 4 is 11.9 Å². The second-order valence-corrected chi connectivity index (χ2v) is 4.38. The first kappa shape index (κ1) is 14.9. The normalized spacial score (nSPS) is 14.6. The van der Waals surface area contributed by atoms with E-state index in [2.05, 4.69) is 5.32 Å². The van der Waals surface area contributed by atoms with E-state index >= 15 is 0 Å². The zero-order chi connectivity index (χ0) is 12.7. The molecule has 0 aromatic rings. The van der Waals surface area contributed by atoms with Gasteiger partial charge in [0.1, 0.15) is 6.04 Å². The van der Waals surface area contributed by atoms with Gasteiger partial charge in [-0.3, -0.25) is 4.79 Å². The Kier molecular flexibility index (Phi) is 6.72. The van der Waals surface area contributed by atoms with E-state index in [0.717, 1.165) is 12.8 Å². The number of aliphatic carboxylic acids is 1. The molecule has 0 aliphatic carbocycles. The smallest absolute Gasteiger partial charge is 0.326 e. The van der Waals surface area contributed by atoms with E-state index in [9.17, 15) is 9.59 Å². The summed E-state index contributed by atoms with van der Waals surface area (Å²) in [5.74, 6) is -1.43. The summed E-state index contributed by atoms with van der Waals surface area (Å²) in [6.45, 7) is 5.50. The van der Waals surface area contributed by atoms with Crippen LogP contribution in [0.15, 0.2) is 0 Å². The van der Waals surface area contributed by atoms with Crippen LogP contribution >= 0.6 is 0 Å². The van der Waals surface area contributed by atoms with E-state index in [0.29, 0.717) is 0 Å². The van der Waals surface area contributed by atoms with Gasteiger partial charge in [0.05, 0.1) is 0 Å². The maximum absolute atomic E-state index is 11.5. The average molecular weight is 230 g/mol. The average Bonchev–Trinajstić information content (AvgIpc) is 2.13. The summed E-state index contributed by atoms with van der Waals surface area (Å²) in [4.78, 5) is 22.3. The molecule has 5 nitrogen and oxygen atoms in total. The molecule has 0 fully saturated rings. The molecule has 0 aromatic carbocycles. The fourth-order valence-corrected chi connectivity index (χ4v) is 1.46. The molecule has 0 heterocycles. The first-order valence-electron chi connectivity index (χ1n) is 5.66. The highest BCUT2D eigenvalue weighted by molar-refractivity contribution is 5.83. The highest BCUT2D eigenvalue weighted by Gasteiger charge is 2.23. The molecule has 0 aliphatic rings. The molecule has 0 saturated carbocycles. The lowest BCUT2D eigenvalue weighted by molar-refractivity contribution is -0.143. The fourth-order valence-electron chi connectivity index (χ4n) is 1.46. The first-order chi connectivity index (χ1) is 7.38. The van der Waals surface area contributed by atoms with Crippen molar-refractivity contribution < 1.29 is 14.7 Å². The number of amides is 1. The summed E-state index contributed by atoms with van der Waals surface area (Å²) in [7, 11) is 0. The summed E-state index contributed by atoms with van der Waals surface area (Å²) in [6.07, 6.45) is 1.87. The van der Waals surface area contributed by atoms with Crippen LogP contribution in [0.3, 0.4) is 0 Å². The summed E-state index contributed by atoms with van der Waals surface area (Å²) in [6, 6.07) is -1.02. The Balaban J connectivity index is 4.15. The van der Waals surface area contributed by atoms with Gasteiger partial charge in [0, 0.05) is 12.5 Å². The van der Waals surface area contributed by atoms with E-state index in [-0.39, 0.29) is 24.3 Å². The number of rotatable bonds is 7. The SMILES string of the molecule is CCCC(N)CC(=O)NC(C(=O)O)C(C)C. The van der Waals surface area contributed by atoms with E-state index in [4.69, 9.17) is 10.8 Å². The molecule has 0 saturated heterocycles.